The monoisotopic (exact) mass is 361 g/mol. The molecule has 4 rings (SSSR count). The molecule has 1 aliphatic rings. The van der Waals surface area contributed by atoms with Crippen LogP contribution in [0.15, 0.2) is 53.6 Å². The second-order valence-corrected chi connectivity index (χ2v) is 7.37. The Morgan fingerprint density at radius 3 is 2.75 bits per heavy atom. The van der Waals surface area contributed by atoms with Crippen LogP contribution in [0.4, 0.5) is 10.1 Å². The van der Waals surface area contributed by atoms with Crippen molar-refractivity contribution in [3.8, 4) is 11.3 Å². The molecule has 0 aliphatic carbocycles. The molecule has 4 nitrogen and oxygen atoms in total. The molecule has 24 heavy (non-hydrogen) atoms. The smallest absolute Gasteiger partial charge is 0.153 e. The SMILES string of the molecule is CC1c2cn[nH]c2-c2cc(F)ccc2N1S(=O)c1ccc(Cl)cc1. The molecule has 3 aromatic rings. The van der Waals surface area contributed by atoms with Crippen LogP contribution >= 0.6 is 11.6 Å². The van der Waals surface area contributed by atoms with Gasteiger partial charge in [0.1, 0.15) is 5.82 Å². The standard InChI is InChI=1S/C17H13ClFN3OS/c1-10-15-9-20-21-17(15)14-8-12(19)4-7-16(14)22(10)24(23)13-5-2-11(18)3-6-13/h2-10H,1H3,(H,20,21). The number of benzene rings is 2. The summed E-state index contributed by atoms with van der Waals surface area (Å²) in [4.78, 5) is 0.633. The molecule has 0 saturated heterocycles. The Morgan fingerprint density at radius 2 is 2.00 bits per heavy atom. The zero-order valence-electron chi connectivity index (χ0n) is 12.7. The Morgan fingerprint density at radius 1 is 1.25 bits per heavy atom. The third kappa shape index (κ3) is 2.34. The van der Waals surface area contributed by atoms with E-state index in [4.69, 9.17) is 11.6 Å². The van der Waals surface area contributed by atoms with E-state index in [1.165, 1.54) is 12.1 Å². The minimum atomic E-state index is -1.46. The first-order valence-electron chi connectivity index (χ1n) is 7.36. The highest BCUT2D eigenvalue weighted by molar-refractivity contribution is 7.86. The summed E-state index contributed by atoms with van der Waals surface area (Å²) in [6, 6.07) is 11.2. The molecule has 1 N–H and O–H groups in total. The third-order valence-electron chi connectivity index (χ3n) is 4.13. The van der Waals surface area contributed by atoms with E-state index < -0.39 is 11.0 Å². The molecule has 1 aliphatic heterocycles. The van der Waals surface area contributed by atoms with E-state index in [1.807, 2.05) is 6.92 Å². The minimum Gasteiger partial charge on any atom is -0.280 e. The van der Waals surface area contributed by atoms with Gasteiger partial charge in [0.25, 0.3) is 0 Å². The van der Waals surface area contributed by atoms with E-state index in [0.717, 1.165) is 11.3 Å². The maximum absolute atomic E-state index is 13.7. The van der Waals surface area contributed by atoms with Gasteiger partial charge >= 0.3 is 0 Å². The van der Waals surface area contributed by atoms with Crippen molar-refractivity contribution >= 4 is 28.3 Å². The van der Waals surface area contributed by atoms with Gasteiger partial charge < -0.3 is 0 Å². The fourth-order valence-electron chi connectivity index (χ4n) is 2.96. The zero-order valence-corrected chi connectivity index (χ0v) is 14.2. The lowest BCUT2D eigenvalue weighted by atomic mass is 9.97. The Bertz CT molecular complexity index is 941. The van der Waals surface area contributed by atoms with Gasteiger partial charge in [0.15, 0.2) is 11.0 Å². The fraction of sp³-hybridized carbons (Fsp3) is 0.118. The van der Waals surface area contributed by atoms with E-state index in [0.29, 0.717) is 21.2 Å². The maximum atomic E-state index is 13.7. The Kier molecular flexibility index (Phi) is 3.66. The van der Waals surface area contributed by atoms with E-state index in [2.05, 4.69) is 10.2 Å². The van der Waals surface area contributed by atoms with Gasteiger partial charge in [-0.1, -0.05) is 11.6 Å². The predicted octanol–water partition coefficient (Wildman–Crippen LogP) is 4.47. The molecular formula is C17H13ClFN3OS. The van der Waals surface area contributed by atoms with Crippen molar-refractivity contribution in [2.75, 3.05) is 4.31 Å². The summed E-state index contributed by atoms with van der Waals surface area (Å²) in [5, 5.41) is 7.57. The molecular weight excluding hydrogens is 349 g/mol. The van der Waals surface area contributed by atoms with E-state index in [9.17, 15) is 8.60 Å². The highest BCUT2D eigenvalue weighted by Crippen LogP contribution is 2.45. The van der Waals surface area contributed by atoms with Gasteiger partial charge in [0.05, 0.1) is 28.5 Å². The van der Waals surface area contributed by atoms with Crippen molar-refractivity contribution in [1.82, 2.24) is 10.2 Å². The summed E-state index contributed by atoms with van der Waals surface area (Å²) in [7, 11) is -1.46. The van der Waals surface area contributed by atoms with Crippen LogP contribution in [0.1, 0.15) is 18.5 Å². The van der Waals surface area contributed by atoms with Crippen LogP contribution in [-0.2, 0) is 11.0 Å². The van der Waals surface area contributed by atoms with Gasteiger partial charge in [0, 0.05) is 16.1 Å². The summed E-state index contributed by atoms with van der Waals surface area (Å²) in [6.07, 6.45) is 1.69. The molecule has 0 spiro atoms. The molecule has 0 fully saturated rings. The van der Waals surface area contributed by atoms with Crippen molar-refractivity contribution in [1.29, 1.82) is 0 Å². The number of anilines is 1. The van der Waals surface area contributed by atoms with Gasteiger partial charge in [-0.05, 0) is 49.4 Å². The van der Waals surface area contributed by atoms with E-state index in [-0.39, 0.29) is 11.9 Å². The average molecular weight is 362 g/mol. The maximum Gasteiger partial charge on any atom is 0.153 e. The van der Waals surface area contributed by atoms with Gasteiger partial charge in [-0.25, -0.2) is 8.60 Å². The fourth-order valence-corrected chi connectivity index (χ4v) is 4.42. The van der Waals surface area contributed by atoms with E-state index >= 15 is 0 Å². The third-order valence-corrected chi connectivity index (χ3v) is 5.93. The Hall–Kier alpha value is -2.18. The van der Waals surface area contributed by atoms with Crippen LogP contribution in [-0.4, -0.2) is 14.4 Å². The number of hydrogen-bond acceptors (Lipinski definition) is 2. The lowest BCUT2D eigenvalue weighted by Gasteiger charge is -2.35. The highest BCUT2D eigenvalue weighted by atomic mass is 35.5. The number of aromatic amines is 1. The quantitative estimate of drug-likeness (QED) is 0.732. The van der Waals surface area contributed by atoms with Gasteiger partial charge in [0.2, 0.25) is 0 Å². The molecule has 0 saturated carbocycles. The number of halogens is 2. The summed E-state index contributed by atoms with van der Waals surface area (Å²) >= 11 is 5.91. The second kappa shape index (κ2) is 5.72. The largest absolute Gasteiger partial charge is 0.280 e. The Labute approximate surface area is 145 Å². The zero-order chi connectivity index (χ0) is 16.8. The summed E-state index contributed by atoms with van der Waals surface area (Å²) in [5.74, 6) is -0.346. The van der Waals surface area contributed by atoms with Crippen LogP contribution < -0.4 is 4.31 Å². The molecule has 2 atom stereocenters. The summed E-state index contributed by atoms with van der Waals surface area (Å²) in [5.41, 5.74) is 3.01. The lowest BCUT2D eigenvalue weighted by Crippen LogP contribution is -2.32. The molecule has 2 unspecified atom stereocenters. The van der Waals surface area contributed by atoms with Crippen LogP contribution in [0.3, 0.4) is 0 Å². The number of fused-ring (bicyclic) bond motifs is 3. The first-order valence-corrected chi connectivity index (χ1v) is 8.84. The number of aromatic nitrogens is 2. The molecule has 2 aromatic carbocycles. The number of nitrogens with zero attached hydrogens (tertiary/aromatic N) is 2. The molecule has 0 amide bonds. The Balaban J connectivity index is 1.87. The van der Waals surface area contributed by atoms with E-state index in [1.54, 1.807) is 40.8 Å². The first-order chi connectivity index (χ1) is 11.6. The van der Waals surface area contributed by atoms with Crippen LogP contribution in [0, 0.1) is 5.82 Å². The normalized spacial score (nSPS) is 17.3. The van der Waals surface area contributed by atoms with Crippen molar-refractivity contribution in [3.63, 3.8) is 0 Å². The molecule has 7 heteroatoms. The average Bonchev–Trinajstić information content (AvgIpc) is 3.06. The van der Waals surface area contributed by atoms with Crippen molar-refractivity contribution in [2.45, 2.75) is 17.9 Å². The summed E-state index contributed by atoms with van der Waals surface area (Å²) in [6.45, 7) is 1.95. The van der Waals surface area contributed by atoms with Crippen LogP contribution in [0.5, 0.6) is 0 Å². The van der Waals surface area contributed by atoms with Crippen molar-refractivity contribution < 1.29 is 8.60 Å². The minimum absolute atomic E-state index is 0.173. The topological polar surface area (TPSA) is 49.0 Å². The van der Waals surface area contributed by atoms with Crippen LogP contribution in [0.25, 0.3) is 11.3 Å². The second-order valence-electron chi connectivity index (χ2n) is 5.57. The molecule has 0 radical (unpaired) electrons. The number of nitrogens with one attached hydrogen (secondary N) is 1. The van der Waals surface area contributed by atoms with Gasteiger partial charge in [-0.15, -0.1) is 0 Å². The molecule has 2 heterocycles. The number of rotatable bonds is 2. The number of H-pyrrole nitrogens is 1. The molecule has 1 aromatic heterocycles. The molecule has 122 valence electrons. The predicted molar refractivity (Wildman–Crippen MR) is 92.7 cm³/mol. The lowest BCUT2D eigenvalue weighted by molar-refractivity contribution is 0.627. The van der Waals surface area contributed by atoms with Gasteiger partial charge in [-0.2, -0.15) is 5.10 Å². The van der Waals surface area contributed by atoms with Crippen molar-refractivity contribution in [2.24, 2.45) is 0 Å². The number of hydrogen-bond donors (Lipinski definition) is 1. The van der Waals surface area contributed by atoms with Crippen molar-refractivity contribution in [3.05, 3.63) is 65.1 Å². The van der Waals surface area contributed by atoms with Gasteiger partial charge in [-0.3, -0.25) is 9.40 Å². The summed E-state index contributed by atoms with van der Waals surface area (Å²) < 4.78 is 28.7. The highest BCUT2D eigenvalue weighted by Gasteiger charge is 2.33. The van der Waals surface area contributed by atoms with Crippen LogP contribution in [0.2, 0.25) is 5.02 Å². The molecule has 0 bridgehead atoms. The first kappa shape index (κ1) is 15.4.